The van der Waals surface area contributed by atoms with Gasteiger partial charge in [-0.1, -0.05) is 18.2 Å². The van der Waals surface area contributed by atoms with Crippen molar-refractivity contribution in [1.29, 1.82) is 5.26 Å². The Hall–Kier alpha value is -4.68. The quantitative estimate of drug-likeness (QED) is 0.366. The number of rotatable bonds is 7. The van der Waals surface area contributed by atoms with Crippen molar-refractivity contribution >= 4 is 5.91 Å². The number of aromatic amines is 1. The number of aryl methyl sites for hydroxylation is 2. The third-order valence-corrected chi connectivity index (χ3v) is 7.03. The van der Waals surface area contributed by atoms with E-state index >= 15 is 0 Å². The number of piperazine rings is 1. The SMILES string of the molecule is Cc1ncc(C(Cc2ccc(C#N)c(Oc3cccnc3C)c2)N2CCN(C(=O)c3ccccc3O)CC2)[nH]1. The van der Waals surface area contributed by atoms with Gasteiger partial charge in [0.1, 0.15) is 29.1 Å². The van der Waals surface area contributed by atoms with Gasteiger partial charge in [-0.2, -0.15) is 5.26 Å². The molecule has 0 saturated carbocycles. The smallest absolute Gasteiger partial charge is 0.257 e. The Bertz CT molecular complexity index is 1520. The third-order valence-electron chi connectivity index (χ3n) is 7.03. The van der Waals surface area contributed by atoms with Crippen LogP contribution in [0.3, 0.4) is 0 Å². The Labute approximate surface area is 227 Å². The van der Waals surface area contributed by atoms with Gasteiger partial charge in [-0.15, -0.1) is 0 Å². The molecule has 2 aromatic heterocycles. The largest absolute Gasteiger partial charge is 0.507 e. The zero-order chi connectivity index (χ0) is 27.4. The van der Waals surface area contributed by atoms with Crippen molar-refractivity contribution in [3.63, 3.8) is 0 Å². The van der Waals surface area contributed by atoms with Crippen LogP contribution < -0.4 is 4.74 Å². The number of pyridine rings is 1. The van der Waals surface area contributed by atoms with Crippen LogP contribution in [-0.2, 0) is 6.42 Å². The number of para-hydroxylation sites is 1. The van der Waals surface area contributed by atoms with E-state index in [2.05, 4.69) is 25.9 Å². The zero-order valence-corrected chi connectivity index (χ0v) is 22.0. The number of carbonyl (C=O) groups excluding carboxylic acids is 1. The van der Waals surface area contributed by atoms with Crippen molar-refractivity contribution in [1.82, 2.24) is 24.8 Å². The summed E-state index contributed by atoms with van der Waals surface area (Å²) in [6, 6.07) is 18.1. The number of nitrogens with one attached hydrogen (secondary N) is 1. The second kappa shape index (κ2) is 11.4. The predicted octanol–water partition coefficient (Wildman–Crippen LogP) is 4.53. The highest BCUT2D eigenvalue weighted by atomic mass is 16.5. The highest BCUT2D eigenvalue weighted by molar-refractivity contribution is 5.96. The molecule has 1 unspecified atom stereocenters. The summed E-state index contributed by atoms with van der Waals surface area (Å²) in [6.45, 7) is 6.20. The van der Waals surface area contributed by atoms with Gasteiger partial charge in [-0.3, -0.25) is 14.7 Å². The van der Waals surface area contributed by atoms with Crippen LogP contribution >= 0.6 is 0 Å². The van der Waals surface area contributed by atoms with Crippen LogP contribution in [-0.4, -0.2) is 61.9 Å². The van der Waals surface area contributed by atoms with E-state index in [1.54, 1.807) is 41.4 Å². The number of phenolic OH excluding ortho intramolecular Hbond substituents is 1. The number of benzene rings is 2. The molecule has 0 spiro atoms. The number of phenols is 1. The van der Waals surface area contributed by atoms with Gasteiger partial charge in [0.2, 0.25) is 0 Å². The molecule has 198 valence electrons. The third kappa shape index (κ3) is 5.76. The fourth-order valence-corrected chi connectivity index (χ4v) is 4.90. The van der Waals surface area contributed by atoms with Crippen molar-refractivity contribution in [2.45, 2.75) is 26.3 Å². The van der Waals surface area contributed by atoms with Crippen LogP contribution in [0.2, 0.25) is 0 Å². The van der Waals surface area contributed by atoms with E-state index in [1.807, 2.05) is 38.2 Å². The van der Waals surface area contributed by atoms with Crippen LogP contribution in [0, 0.1) is 25.2 Å². The molecule has 1 saturated heterocycles. The van der Waals surface area contributed by atoms with Gasteiger partial charge in [0.05, 0.1) is 28.6 Å². The minimum atomic E-state index is -0.165. The lowest BCUT2D eigenvalue weighted by atomic mass is 9.99. The van der Waals surface area contributed by atoms with Crippen molar-refractivity contribution < 1.29 is 14.6 Å². The molecular weight excluding hydrogens is 492 g/mol. The molecule has 3 heterocycles. The maximum absolute atomic E-state index is 13.0. The molecule has 5 rings (SSSR count). The molecule has 4 aromatic rings. The van der Waals surface area contributed by atoms with E-state index in [0.717, 1.165) is 22.8 Å². The van der Waals surface area contributed by atoms with E-state index in [-0.39, 0.29) is 17.7 Å². The summed E-state index contributed by atoms with van der Waals surface area (Å²) < 4.78 is 6.12. The summed E-state index contributed by atoms with van der Waals surface area (Å²) in [7, 11) is 0. The number of imidazole rings is 1. The van der Waals surface area contributed by atoms with Gasteiger partial charge in [0.15, 0.2) is 0 Å². The second-order valence-corrected chi connectivity index (χ2v) is 9.62. The minimum Gasteiger partial charge on any atom is -0.507 e. The molecule has 2 N–H and O–H groups in total. The molecule has 9 nitrogen and oxygen atoms in total. The summed E-state index contributed by atoms with van der Waals surface area (Å²) in [4.78, 5) is 29.2. The monoisotopic (exact) mass is 522 g/mol. The number of amides is 1. The van der Waals surface area contributed by atoms with Gasteiger partial charge >= 0.3 is 0 Å². The molecule has 1 aliphatic rings. The molecule has 9 heteroatoms. The lowest BCUT2D eigenvalue weighted by Gasteiger charge is -2.39. The van der Waals surface area contributed by atoms with Gasteiger partial charge in [-0.25, -0.2) is 4.98 Å². The molecule has 1 aliphatic heterocycles. The molecule has 1 fully saturated rings. The first-order chi connectivity index (χ1) is 18.9. The first kappa shape index (κ1) is 25.9. The molecule has 1 amide bonds. The van der Waals surface area contributed by atoms with Crippen molar-refractivity contribution in [2.75, 3.05) is 26.2 Å². The topological polar surface area (TPSA) is 118 Å². The normalized spacial score (nSPS) is 14.5. The Balaban J connectivity index is 1.36. The molecule has 0 aliphatic carbocycles. The minimum absolute atomic E-state index is 0.00365. The fourth-order valence-electron chi connectivity index (χ4n) is 4.90. The average molecular weight is 523 g/mol. The molecule has 2 aromatic carbocycles. The summed E-state index contributed by atoms with van der Waals surface area (Å²) in [5.41, 5.74) is 3.51. The van der Waals surface area contributed by atoms with E-state index in [0.29, 0.717) is 55.2 Å². The lowest BCUT2D eigenvalue weighted by molar-refractivity contribution is 0.0560. The van der Waals surface area contributed by atoms with Gasteiger partial charge in [0.25, 0.3) is 5.91 Å². The summed E-state index contributed by atoms with van der Waals surface area (Å²) in [6.07, 6.45) is 4.22. The number of hydrogen-bond acceptors (Lipinski definition) is 7. The van der Waals surface area contributed by atoms with E-state index in [4.69, 9.17) is 4.74 Å². The zero-order valence-electron chi connectivity index (χ0n) is 22.0. The number of nitrogens with zero attached hydrogens (tertiary/aromatic N) is 5. The number of hydrogen-bond donors (Lipinski definition) is 2. The van der Waals surface area contributed by atoms with Gasteiger partial charge in [-0.05, 0) is 62.2 Å². The van der Waals surface area contributed by atoms with Crippen LogP contribution in [0.25, 0.3) is 0 Å². The summed E-state index contributed by atoms with van der Waals surface area (Å²) >= 11 is 0. The molecule has 0 bridgehead atoms. The van der Waals surface area contributed by atoms with Crippen LogP contribution in [0.5, 0.6) is 17.2 Å². The van der Waals surface area contributed by atoms with Crippen molar-refractivity contribution in [3.8, 4) is 23.3 Å². The molecule has 0 radical (unpaired) electrons. The van der Waals surface area contributed by atoms with Gasteiger partial charge < -0.3 is 19.7 Å². The number of aromatic nitrogens is 3. The number of H-pyrrole nitrogens is 1. The maximum atomic E-state index is 13.0. The predicted molar refractivity (Wildman–Crippen MR) is 146 cm³/mol. The number of nitriles is 1. The van der Waals surface area contributed by atoms with E-state index < -0.39 is 0 Å². The van der Waals surface area contributed by atoms with Crippen LogP contribution in [0.4, 0.5) is 0 Å². The Morgan fingerprint density at radius 2 is 1.87 bits per heavy atom. The lowest BCUT2D eigenvalue weighted by Crippen LogP contribution is -2.50. The van der Waals surface area contributed by atoms with E-state index in [9.17, 15) is 15.2 Å². The Morgan fingerprint density at radius 1 is 1.08 bits per heavy atom. The number of ether oxygens (including phenoxy) is 1. The molecular formula is C30H30N6O3. The van der Waals surface area contributed by atoms with E-state index in [1.165, 1.54) is 6.07 Å². The number of carbonyl (C=O) groups is 1. The Morgan fingerprint density at radius 3 is 2.56 bits per heavy atom. The fraction of sp³-hybridized carbons (Fsp3) is 0.267. The van der Waals surface area contributed by atoms with Gasteiger partial charge in [0, 0.05) is 38.6 Å². The first-order valence-electron chi connectivity index (χ1n) is 12.9. The summed E-state index contributed by atoms with van der Waals surface area (Å²) in [5, 5.41) is 19.8. The molecule has 1 atom stereocenters. The molecule has 39 heavy (non-hydrogen) atoms. The highest BCUT2D eigenvalue weighted by Gasteiger charge is 2.29. The van der Waals surface area contributed by atoms with Crippen LogP contribution in [0.15, 0.2) is 67.0 Å². The first-order valence-corrected chi connectivity index (χ1v) is 12.9. The van der Waals surface area contributed by atoms with Crippen molar-refractivity contribution in [3.05, 3.63) is 101 Å². The van der Waals surface area contributed by atoms with Crippen LogP contribution in [0.1, 0.15) is 44.7 Å². The average Bonchev–Trinajstić information content (AvgIpc) is 3.39. The highest BCUT2D eigenvalue weighted by Crippen LogP contribution is 2.31. The Kier molecular flexibility index (Phi) is 7.57. The standard InChI is InChI=1S/C30H30N6O3/c1-20-28(8-5-11-32-20)39-29-17-22(9-10-23(29)18-31)16-26(25-19-33-21(2)34-25)35-12-14-36(15-13-35)30(38)24-6-3-4-7-27(24)37/h3-11,17,19,26,37H,12-16H2,1-2H3,(H,33,34). The van der Waals surface area contributed by atoms with Crippen molar-refractivity contribution in [2.24, 2.45) is 0 Å². The second-order valence-electron chi connectivity index (χ2n) is 9.62. The maximum Gasteiger partial charge on any atom is 0.257 e. The number of aromatic hydroxyl groups is 1. The summed E-state index contributed by atoms with van der Waals surface area (Å²) in [5.74, 6) is 1.76.